The van der Waals surface area contributed by atoms with Crippen LogP contribution >= 0.6 is 0 Å². The quantitative estimate of drug-likeness (QED) is 0.474. The Hall–Kier alpha value is -0.0400. The fourth-order valence-electron chi connectivity index (χ4n) is 2.74. The molecule has 0 aromatic rings. The van der Waals surface area contributed by atoms with Crippen LogP contribution in [-0.4, -0.2) is 11.2 Å². The summed E-state index contributed by atoms with van der Waals surface area (Å²) in [5.74, 6) is 2.60. The normalized spacial score (nSPS) is 16.6. The maximum absolute atomic E-state index is 9.24. The monoisotopic (exact) mass is 270 g/mol. The molecule has 3 atom stereocenters. The predicted octanol–water partition coefficient (Wildman–Crippen LogP) is 5.81. The Morgan fingerprint density at radius 1 is 0.579 bits per heavy atom. The lowest BCUT2D eigenvalue weighted by atomic mass is 9.92. The molecule has 0 rings (SSSR count). The molecule has 0 aromatic heterocycles. The molecule has 0 amide bonds. The third kappa shape index (κ3) is 14.2. The van der Waals surface area contributed by atoms with Gasteiger partial charge in [0.1, 0.15) is 0 Å². The van der Waals surface area contributed by atoms with Crippen molar-refractivity contribution in [1.82, 2.24) is 0 Å². The molecule has 0 aliphatic heterocycles. The third-order valence-corrected chi connectivity index (χ3v) is 4.19. The summed E-state index contributed by atoms with van der Waals surface area (Å²) in [6, 6.07) is 0. The zero-order valence-electron chi connectivity index (χ0n) is 14.1. The van der Waals surface area contributed by atoms with E-state index < -0.39 is 0 Å². The van der Waals surface area contributed by atoms with E-state index in [9.17, 15) is 5.11 Å². The molecule has 0 radical (unpaired) electrons. The maximum atomic E-state index is 9.24. The van der Waals surface area contributed by atoms with Crippen LogP contribution in [0.1, 0.15) is 92.4 Å². The average molecular weight is 271 g/mol. The molecule has 0 heterocycles. The first-order chi connectivity index (χ1) is 8.91. The van der Waals surface area contributed by atoms with Crippen molar-refractivity contribution in [2.75, 3.05) is 0 Å². The van der Waals surface area contributed by atoms with Gasteiger partial charge in [-0.2, -0.15) is 0 Å². The number of aliphatic hydroxyl groups is 1. The van der Waals surface area contributed by atoms with Crippen LogP contribution in [0.3, 0.4) is 0 Å². The van der Waals surface area contributed by atoms with Gasteiger partial charge in [0.25, 0.3) is 0 Å². The van der Waals surface area contributed by atoms with Gasteiger partial charge >= 0.3 is 0 Å². The molecule has 1 heteroatoms. The molecule has 0 fully saturated rings. The van der Waals surface area contributed by atoms with Crippen molar-refractivity contribution in [3.63, 3.8) is 0 Å². The van der Waals surface area contributed by atoms with Crippen molar-refractivity contribution in [1.29, 1.82) is 0 Å². The standard InChI is InChI=1S/C18H38O/c1-15(2)9-6-10-16(3)11-7-12-17(4)13-8-14-18(5)19/h15-19H,6-14H2,1-5H3/t16-,17-,18?/m1/s1. The van der Waals surface area contributed by atoms with E-state index in [0.717, 1.165) is 24.2 Å². The number of hydrogen-bond acceptors (Lipinski definition) is 1. The minimum atomic E-state index is -0.117. The zero-order valence-corrected chi connectivity index (χ0v) is 14.1. The second-order valence-electron chi connectivity index (χ2n) is 7.25. The average Bonchev–Trinajstić information content (AvgIpc) is 2.27. The molecule has 0 spiro atoms. The Morgan fingerprint density at radius 3 is 1.32 bits per heavy atom. The van der Waals surface area contributed by atoms with Crippen LogP contribution in [0.2, 0.25) is 0 Å². The van der Waals surface area contributed by atoms with E-state index in [4.69, 9.17) is 0 Å². The second kappa shape index (κ2) is 11.8. The van der Waals surface area contributed by atoms with Crippen molar-refractivity contribution in [3.05, 3.63) is 0 Å². The van der Waals surface area contributed by atoms with Crippen molar-refractivity contribution in [3.8, 4) is 0 Å². The lowest BCUT2D eigenvalue weighted by Crippen LogP contribution is -2.03. The molecule has 0 saturated carbocycles. The Kier molecular flexibility index (Phi) is 11.7. The van der Waals surface area contributed by atoms with E-state index in [1.165, 1.54) is 51.4 Å². The fraction of sp³-hybridized carbons (Fsp3) is 1.00. The van der Waals surface area contributed by atoms with E-state index in [-0.39, 0.29) is 6.10 Å². The Labute approximate surface area is 122 Å². The number of hydrogen-bond donors (Lipinski definition) is 1. The summed E-state index contributed by atoms with van der Waals surface area (Å²) >= 11 is 0. The van der Waals surface area contributed by atoms with Gasteiger partial charge in [0.05, 0.1) is 6.10 Å². The number of rotatable bonds is 12. The third-order valence-electron chi connectivity index (χ3n) is 4.19. The first-order valence-electron chi connectivity index (χ1n) is 8.59. The molecule has 1 nitrogen and oxygen atoms in total. The predicted molar refractivity (Wildman–Crippen MR) is 86.4 cm³/mol. The smallest absolute Gasteiger partial charge is 0.0512 e. The van der Waals surface area contributed by atoms with Crippen LogP contribution in [0.4, 0.5) is 0 Å². The molecular formula is C18H38O. The molecule has 0 aliphatic rings. The molecule has 116 valence electrons. The van der Waals surface area contributed by atoms with Gasteiger partial charge in [0.2, 0.25) is 0 Å². The molecule has 0 aliphatic carbocycles. The van der Waals surface area contributed by atoms with Crippen LogP contribution in [0.15, 0.2) is 0 Å². The largest absolute Gasteiger partial charge is 0.393 e. The van der Waals surface area contributed by atoms with Crippen molar-refractivity contribution in [2.45, 2.75) is 98.5 Å². The first-order valence-corrected chi connectivity index (χ1v) is 8.59. The zero-order chi connectivity index (χ0) is 14.7. The van der Waals surface area contributed by atoms with Crippen molar-refractivity contribution < 1.29 is 5.11 Å². The van der Waals surface area contributed by atoms with Gasteiger partial charge in [0, 0.05) is 0 Å². The van der Waals surface area contributed by atoms with Gasteiger partial charge in [-0.3, -0.25) is 0 Å². The summed E-state index contributed by atoms with van der Waals surface area (Å²) < 4.78 is 0. The van der Waals surface area contributed by atoms with E-state index in [2.05, 4.69) is 27.7 Å². The summed E-state index contributed by atoms with van der Waals surface area (Å²) in [4.78, 5) is 0. The topological polar surface area (TPSA) is 20.2 Å². The summed E-state index contributed by atoms with van der Waals surface area (Å²) in [6.45, 7) is 11.3. The lowest BCUT2D eigenvalue weighted by Gasteiger charge is -2.15. The first kappa shape index (κ1) is 19.0. The van der Waals surface area contributed by atoms with Crippen LogP contribution < -0.4 is 0 Å². The number of aliphatic hydroxyl groups excluding tert-OH is 1. The lowest BCUT2D eigenvalue weighted by molar-refractivity contribution is 0.178. The fourth-order valence-corrected chi connectivity index (χ4v) is 2.74. The summed E-state index contributed by atoms with van der Waals surface area (Å²) in [5.41, 5.74) is 0. The van der Waals surface area contributed by atoms with Gasteiger partial charge in [-0.15, -0.1) is 0 Å². The Morgan fingerprint density at radius 2 is 0.947 bits per heavy atom. The summed E-state index contributed by atoms with van der Waals surface area (Å²) in [7, 11) is 0. The SMILES string of the molecule is CC(C)CCC[C@@H](C)CCC[C@@H](C)CCCC(C)O. The van der Waals surface area contributed by atoms with E-state index in [1.54, 1.807) is 0 Å². The molecule has 0 saturated heterocycles. The van der Waals surface area contributed by atoms with E-state index >= 15 is 0 Å². The van der Waals surface area contributed by atoms with Crippen LogP contribution in [0.5, 0.6) is 0 Å². The van der Waals surface area contributed by atoms with Crippen LogP contribution in [0, 0.1) is 17.8 Å². The van der Waals surface area contributed by atoms with Crippen LogP contribution in [0.25, 0.3) is 0 Å². The Bertz CT molecular complexity index is 166. The van der Waals surface area contributed by atoms with E-state index in [0.29, 0.717) is 0 Å². The highest BCUT2D eigenvalue weighted by molar-refractivity contribution is 4.60. The second-order valence-corrected chi connectivity index (χ2v) is 7.25. The van der Waals surface area contributed by atoms with Gasteiger partial charge in [-0.1, -0.05) is 79.1 Å². The van der Waals surface area contributed by atoms with Crippen molar-refractivity contribution in [2.24, 2.45) is 17.8 Å². The maximum Gasteiger partial charge on any atom is 0.0512 e. The minimum absolute atomic E-state index is 0.117. The molecule has 0 bridgehead atoms. The molecular weight excluding hydrogens is 232 g/mol. The van der Waals surface area contributed by atoms with Gasteiger partial charge in [-0.25, -0.2) is 0 Å². The molecule has 0 aromatic carbocycles. The minimum Gasteiger partial charge on any atom is -0.393 e. The Balaban J connectivity index is 3.40. The summed E-state index contributed by atoms with van der Waals surface area (Å²) in [5, 5.41) is 9.24. The van der Waals surface area contributed by atoms with Crippen LogP contribution in [-0.2, 0) is 0 Å². The van der Waals surface area contributed by atoms with Gasteiger partial charge in [-0.05, 0) is 31.1 Å². The molecule has 1 unspecified atom stereocenters. The molecule has 19 heavy (non-hydrogen) atoms. The highest BCUT2D eigenvalue weighted by Crippen LogP contribution is 2.21. The highest BCUT2D eigenvalue weighted by atomic mass is 16.3. The highest BCUT2D eigenvalue weighted by Gasteiger charge is 2.07. The molecule has 1 N–H and O–H groups in total. The van der Waals surface area contributed by atoms with Crippen molar-refractivity contribution >= 4 is 0 Å². The summed E-state index contributed by atoms with van der Waals surface area (Å²) in [6.07, 6.45) is 11.7. The van der Waals surface area contributed by atoms with Gasteiger partial charge < -0.3 is 5.11 Å². The van der Waals surface area contributed by atoms with Gasteiger partial charge in [0.15, 0.2) is 0 Å². The van der Waals surface area contributed by atoms with E-state index in [1.807, 2.05) is 6.92 Å².